The van der Waals surface area contributed by atoms with Gasteiger partial charge in [0.15, 0.2) is 0 Å². The fourth-order valence-electron chi connectivity index (χ4n) is 2.24. The van der Waals surface area contributed by atoms with Crippen molar-refractivity contribution in [3.8, 4) is 0 Å². The Balaban J connectivity index is 1.80. The maximum atomic E-state index is 11.9. The molecule has 5 heteroatoms. The van der Waals surface area contributed by atoms with Gasteiger partial charge >= 0.3 is 0 Å². The molecule has 1 fully saturated rings. The van der Waals surface area contributed by atoms with Crippen molar-refractivity contribution >= 4 is 11.8 Å². The summed E-state index contributed by atoms with van der Waals surface area (Å²) in [6.07, 6.45) is 2.18. The molecule has 0 aromatic heterocycles. The molecule has 1 aliphatic heterocycles. The van der Waals surface area contributed by atoms with Crippen molar-refractivity contribution in [2.24, 2.45) is 11.7 Å². The summed E-state index contributed by atoms with van der Waals surface area (Å²) in [5.41, 5.74) is 6.11. The van der Waals surface area contributed by atoms with E-state index in [-0.39, 0.29) is 5.91 Å². The molecule has 0 saturated carbocycles. The van der Waals surface area contributed by atoms with E-state index in [0.29, 0.717) is 23.6 Å². The number of carbonyl (C=O) groups is 2. The summed E-state index contributed by atoms with van der Waals surface area (Å²) in [6.45, 7) is 2.80. The number of rotatable bonds is 5. The van der Waals surface area contributed by atoms with Crippen molar-refractivity contribution in [2.45, 2.75) is 12.8 Å². The van der Waals surface area contributed by atoms with E-state index in [0.717, 1.165) is 19.5 Å². The van der Waals surface area contributed by atoms with E-state index in [1.54, 1.807) is 24.3 Å². The molecule has 19 heavy (non-hydrogen) atoms. The number of amides is 2. The Labute approximate surface area is 112 Å². The van der Waals surface area contributed by atoms with Crippen molar-refractivity contribution < 1.29 is 9.59 Å². The second-order valence-corrected chi connectivity index (χ2v) is 4.85. The Morgan fingerprint density at radius 3 is 2.53 bits per heavy atom. The minimum atomic E-state index is -0.485. The molecule has 2 amide bonds. The smallest absolute Gasteiger partial charge is 0.251 e. The highest BCUT2D eigenvalue weighted by Crippen LogP contribution is 2.11. The zero-order valence-electron chi connectivity index (χ0n) is 10.8. The minimum Gasteiger partial charge on any atom is -0.366 e. The van der Waals surface area contributed by atoms with Gasteiger partial charge in [0.2, 0.25) is 5.91 Å². The van der Waals surface area contributed by atoms with Crippen LogP contribution in [0.15, 0.2) is 24.3 Å². The van der Waals surface area contributed by atoms with Gasteiger partial charge in [0.25, 0.3) is 5.91 Å². The van der Waals surface area contributed by atoms with Crippen LogP contribution in [0, 0.1) is 5.92 Å². The van der Waals surface area contributed by atoms with E-state index < -0.39 is 5.91 Å². The predicted molar refractivity (Wildman–Crippen MR) is 72.9 cm³/mol. The van der Waals surface area contributed by atoms with Crippen LogP contribution in [0.5, 0.6) is 0 Å². The molecule has 1 heterocycles. The number of nitrogens with two attached hydrogens (primary N) is 1. The van der Waals surface area contributed by atoms with Gasteiger partial charge in [0.05, 0.1) is 0 Å². The average molecular weight is 261 g/mol. The molecule has 4 N–H and O–H groups in total. The van der Waals surface area contributed by atoms with Crippen LogP contribution in [0.3, 0.4) is 0 Å². The first-order valence-electron chi connectivity index (χ1n) is 6.55. The Morgan fingerprint density at radius 1 is 1.26 bits per heavy atom. The van der Waals surface area contributed by atoms with Crippen LogP contribution in [-0.2, 0) is 0 Å². The van der Waals surface area contributed by atoms with Crippen LogP contribution in [0.25, 0.3) is 0 Å². The first-order valence-corrected chi connectivity index (χ1v) is 6.55. The van der Waals surface area contributed by atoms with Crippen molar-refractivity contribution in [1.29, 1.82) is 0 Å². The van der Waals surface area contributed by atoms with Gasteiger partial charge in [-0.05, 0) is 56.1 Å². The second-order valence-electron chi connectivity index (χ2n) is 4.85. The number of hydrogen-bond donors (Lipinski definition) is 3. The van der Waals surface area contributed by atoms with Gasteiger partial charge in [-0.3, -0.25) is 9.59 Å². The summed E-state index contributed by atoms with van der Waals surface area (Å²) in [4.78, 5) is 22.8. The molecule has 0 spiro atoms. The largest absolute Gasteiger partial charge is 0.366 e. The van der Waals surface area contributed by atoms with Gasteiger partial charge in [0.1, 0.15) is 0 Å². The van der Waals surface area contributed by atoms with Gasteiger partial charge in [0, 0.05) is 17.7 Å². The van der Waals surface area contributed by atoms with E-state index >= 15 is 0 Å². The third-order valence-electron chi connectivity index (χ3n) is 3.43. The maximum absolute atomic E-state index is 11.9. The minimum absolute atomic E-state index is 0.109. The van der Waals surface area contributed by atoms with Crippen molar-refractivity contribution in [1.82, 2.24) is 10.6 Å². The summed E-state index contributed by atoms with van der Waals surface area (Å²) in [6, 6.07) is 6.37. The lowest BCUT2D eigenvalue weighted by atomic mass is 10.1. The van der Waals surface area contributed by atoms with Gasteiger partial charge in [-0.2, -0.15) is 0 Å². The molecule has 1 aromatic rings. The third-order valence-corrected chi connectivity index (χ3v) is 3.43. The fraction of sp³-hybridized carbons (Fsp3) is 0.429. The Morgan fingerprint density at radius 2 is 1.95 bits per heavy atom. The first kappa shape index (κ1) is 13.5. The normalized spacial score (nSPS) is 18.2. The maximum Gasteiger partial charge on any atom is 0.251 e. The molecular formula is C14H19N3O2. The standard InChI is InChI=1S/C14H19N3O2/c15-13(18)11-1-3-12(4-2-11)14(19)17-8-6-10-5-7-16-9-10/h1-4,10,16H,5-9H2,(H2,15,18)(H,17,19). The van der Waals surface area contributed by atoms with E-state index in [9.17, 15) is 9.59 Å². The number of hydrogen-bond acceptors (Lipinski definition) is 3. The molecule has 0 aliphatic carbocycles. The van der Waals surface area contributed by atoms with E-state index in [1.165, 1.54) is 6.42 Å². The zero-order valence-corrected chi connectivity index (χ0v) is 10.8. The van der Waals surface area contributed by atoms with Crippen LogP contribution in [0.1, 0.15) is 33.6 Å². The predicted octanol–water partition coefficient (Wildman–Crippen LogP) is 0.515. The molecule has 1 aromatic carbocycles. The molecule has 0 radical (unpaired) electrons. The molecule has 1 unspecified atom stereocenters. The molecule has 5 nitrogen and oxygen atoms in total. The quantitative estimate of drug-likeness (QED) is 0.722. The summed E-state index contributed by atoms with van der Waals surface area (Å²) in [5, 5.41) is 6.19. The van der Waals surface area contributed by atoms with Gasteiger partial charge in [-0.25, -0.2) is 0 Å². The highest BCUT2D eigenvalue weighted by atomic mass is 16.2. The molecule has 2 rings (SSSR count). The molecule has 0 bridgehead atoms. The number of carbonyl (C=O) groups excluding carboxylic acids is 2. The van der Waals surface area contributed by atoms with Crippen LogP contribution < -0.4 is 16.4 Å². The highest BCUT2D eigenvalue weighted by molar-refractivity contribution is 5.97. The zero-order chi connectivity index (χ0) is 13.7. The summed E-state index contributed by atoms with van der Waals surface area (Å²) in [7, 11) is 0. The van der Waals surface area contributed by atoms with Gasteiger partial charge in [-0.1, -0.05) is 0 Å². The topological polar surface area (TPSA) is 84.2 Å². The first-order chi connectivity index (χ1) is 9.16. The summed E-state index contributed by atoms with van der Waals surface area (Å²) < 4.78 is 0. The summed E-state index contributed by atoms with van der Waals surface area (Å²) in [5.74, 6) is 0.0696. The van der Waals surface area contributed by atoms with Crippen molar-refractivity contribution in [3.63, 3.8) is 0 Å². The molecule has 102 valence electrons. The number of primary amides is 1. The third kappa shape index (κ3) is 3.79. The number of benzene rings is 1. The van der Waals surface area contributed by atoms with Crippen LogP contribution in [0.4, 0.5) is 0 Å². The Hall–Kier alpha value is -1.88. The van der Waals surface area contributed by atoms with Crippen molar-refractivity contribution in [3.05, 3.63) is 35.4 Å². The number of nitrogens with one attached hydrogen (secondary N) is 2. The van der Waals surface area contributed by atoms with E-state index in [4.69, 9.17) is 5.73 Å². The molecule has 1 atom stereocenters. The SMILES string of the molecule is NC(=O)c1ccc(C(=O)NCCC2CCNC2)cc1. The van der Waals surface area contributed by atoms with Crippen molar-refractivity contribution in [2.75, 3.05) is 19.6 Å². The summed E-state index contributed by atoms with van der Waals surface area (Å²) >= 11 is 0. The molecule has 1 saturated heterocycles. The lowest BCUT2D eigenvalue weighted by molar-refractivity contribution is 0.0949. The van der Waals surface area contributed by atoms with E-state index in [2.05, 4.69) is 10.6 Å². The Bertz CT molecular complexity index is 450. The van der Waals surface area contributed by atoms with Gasteiger partial charge in [-0.15, -0.1) is 0 Å². The highest BCUT2D eigenvalue weighted by Gasteiger charge is 2.14. The van der Waals surface area contributed by atoms with Crippen LogP contribution >= 0.6 is 0 Å². The fourth-order valence-corrected chi connectivity index (χ4v) is 2.24. The van der Waals surface area contributed by atoms with Crippen LogP contribution in [-0.4, -0.2) is 31.4 Å². The van der Waals surface area contributed by atoms with Crippen LogP contribution in [0.2, 0.25) is 0 Å². The van der Waals surface area contributed by atoms with Gasteiger partial charge < -0.3 is 16.4 Å². The monoisotopic (exact) mass is 261 g/mol. The lowest BCUT2D eigenvalue weighted by Crippen LogP contribution is -2.26. The molecular weight excluding hydrogens is 242 g/mol. The average Bonchev–Trinajstić information content (AvgIpc) is 2.92. The van der Waals surface area contributed by atoms with E-state index in [1.807, 2.05) is 0 Å². The second kappa shape index (κ2) is 6.33. The lowest BCUT2D eigenvalue weighted by Gasteiger charge is -2.09. The molecule has 1 aliphatic rings. The Kier molecular flexibility index (Phi) is 4.52.